The van der Waals surface area contributed by atoms with Gasteiger partial charge in [-0.3, -0.25) is 0 Å². The first-order valence-corrected chi connectivity index (χ1v) is 5.86. The molecule has 0 spiro atoms. The Bertz CT molecular complexity index is 322. The molecule has 1 saturated heterocycles. The lowest BCUT2D eigenvalue weighted by Gasteiger charge is -2.30. The third-order valence-corrected chi connectivity index (χ3v) is 2.51. The maximum absolute atomic E-state index is 12.9. The molecule has 1 aliphatic heterocycles. The fraction of sp³-hybridized carbons (Fsp3) is 0.538. The number of hydrogen-bond acceptors (Lipinski definition) is 2. The van der Waals surface area contributed by atoms with Crippen molar-refractivity contribution in [3.8, 4) is 0 Å². The van der Waals surface area contributed by atoms with Gasteiger partial charge in [0.05, 0.1) is 13.2 Å². The average Bonchev–Trinajstić information content (AvgIpc) is 2.33. The number of rotatable bonds is 1. The number of anilines is 1. The van der Waals surface area contributed by atoms with Gasteiger partial charge in [0.15, 0.2) is 0 Å². The van der Waals surface area contributed by atoms with Crippen molar-refractivity contribution in [2.45, 2.75) is 20.8 Å². The highest BCUT2D eigenvalue weighted by atomic mass is 19.1. The number of benzene rings is 1. The molecule has 0 radical (unpaired) electrons. The number of hydrogen-bond donors (Lipinski definition) is 0. The second-order valence-corrected chi connectivity index (χ2v) is 3.53. The van der Waals surface area contributed by atoms with Crippen molar-refractivity contribution >= 4 is 5.69 Å². The molecule has 0 atom stereocenters. The monoisotopic (exact) mass is 225 g/mol. The van der Waals surface area contributed by atoms with Crippen molar-refractivity contribution in [3.05, 3.63) is 29.6 Å². The molecular formula is C13H20FNO. The van der Waals surface area contributed by atoms with E-state index in [2.05, 4.69) is 4.90 Å². The lowest BCUT2D eigenvalue weighted by molar-refractivity contribution is 0.122. The van der Waals surface area contributed by atoms with Crippen LogP contribution >= 0.6 is 0 Å². The Hall–Kier alpha value is -1.09. The minimum atomic E-state index is -0.167. The van der Waals surface area contributed by atoms with E-state index in [9.17, 15) is 4.39 Å². The first-order valence-electron chi connectivity index (χ1n) is 5.86. The Morgan fingerprint density at radius 2 is 1.81 bits per heavy atom. The Labute approximate surface area is 97.0 Å². The van der Waals surface area contributed by atoms with Crippen LogP contribution in [0.4, 0.5) is 10.1 Å². The van der Waals surface area contributed by atoms with Crippen molar-refractivity contribution in [2.75, 3.05) is 31.2 Å². The highest BCUT2D eigenvalue weighted by Crippen LogP contribution is 2.21. The summed E-state index contributed by atoms with van der Waals surface area (Å²) < 4.78 is 18.1. The third kappa shape index (κ3) is 3.20. The Kier molecular flexibility index (Phi) is 5.26. The predicted molar refractivity (Wildman–Crippen MR) is 65.5 cm³/mol. The summed E-state index contributed by atoms with van der Waals surface area (Å²) in [5, 5.41) is 0. The first kappa shape index (κ1) is 13.0. The van der Waals surface area contributed by atoms with Gasteiger partial charge >= 0.3 is 0 Å². The van der Waals surface area contributed by atoms with Crippen LogP contribution in [0, 0.1) is 12.7 Å². The molecule has 0 aromatic heterocycles. The van der Waals surface area contributed by atoms with Crippen LogP contribution in [0.5, 0.6) is 0 Å². The lowest BCUT2D eigenvalue weighted by Crippen LogP contribution is -2.36. The van der Waals surface area contributed by atoms with E-state index in [1.165, 1.54) is 6.07 Å². The van der Waals surface area contributed by atoms with Gasteiger partial charge in [0.2, 0.25) is 0 Å². The molecule has 0 amide bonds. The minimum Gasteiger partial charge on any atom is -0.378 e. The van der Waals surface area contributed by atoms with E-state index in [0.717, 1.165) is 37.6 Å². The van der Waals surface area contributed by atoms with E-state index in [0.29, 0.717) is 0 Å². The summed E-state index contributed by atoms with van der Waals surface area (Å²) in [4.78, 5) is 2.23. The standard InChI is InChI=1S/C11H14FNO.C2H6/c1-9-8-10(12)2-3-11(9)13-4-6-14-7-5-13;1-2/h2-3,8H,4-7H2,1H3;1-2H3. The zero-order valence-corrected chi connectivity index (χ0v) is 10.3. The van der Waals surface area contributed by atoms with E-state index >= 15 is 0 Å². The molecule has 3 heteroatoms. The summed E-state index contributed by atoms with van der Waals surface area (Å²) >= 11 is 0. The van der Waals surface area contributed by atoms with Gasteiger partial charge < -0.3 is 9.64 Å². The van der Waals surface area contributed by atoms with Gasteiger partial charge in [0.25, 0.3) is 0 Å². The summed E-state index contributed by atoms with van der Waals surface area (Å²) in [6.07, 6.45) is 0. The number of nitrogens with zero attached hydrogens (tertiary/aromatic N) is 1. The van der Waals surface area contributed by atoms with Gasteiger partial charge in [0.1, 0.15) is 5.82 Å². The second-order valence-electron chi connectivity index (χ2n) is 3.53. The smallest absolute Gasteiger partial charge is 0.123 e. The van der Waals surface area contributed by atoms with E-state index < -0.39 is 0 Å². The molecule has 1 aliphatic rings. The van der Waals surface area contributed by atoms with Crippen molar-refractivity contribution < 1.29 is 9.13 Å². The molecule has 1 fully saturated rings. The van der Waals surface area contributed by atoms with Crippen molar-refractivity contribution in [1.29, 1.82) is 0 Å². The Morgan fingerprint density at radius 1 is 1.19 bits per heavy atom. The van der Waals surface area contributed by atoms with Crippen molar-refractivity contribution in [3.63, 3.8) is 0 Å². The van der Waals surface area contributed by atoms with Gasteiger partial charge in [-0.1, -0.05) is 13.8 Å². The van der Waals surface area contributed by atoms with E-state index in [1.807, 2.05) is 26.8 Å². The largest absolute Gasteiger partial charge is 0.378 e. The number of aryl methyl sites for hydroxylation is 1. The molecule has 16 heavy (non-hydrogen) atoms. The average molecular weight is 225 g/mol. The zero-order chi connectivity index (χ0) is 12.0. The topological polar surface area (TPSA) is 12.5 Å². The van der Waals surface area contributed by atoms with Crippen LogP contribution in [0.25, 0.3) is 0 Å². The summed E-state index contributed by atoms with van der Waals surface area (Å²) in [6, 6.07) is 4.93. The maximum Gasteiger partial charge on any atom is 0.123 e. The van der Waals surface area contributed by atoms with Gasteiger partial charge in [0, 0.05) is 18.8 Å². The van der Waals surface area contributed by atoms with Crippen LogP contribution in [0.15, 0.2) is 18.2 Å². The molecule has 0 N–H and O–H groups in total. The highest BCUT2D eigenvalue weighted by molar-refractivity contribution is 5.53. The SMILES string of the molecule is CC.Cc1cc(F)ccc1N1CCOCC1. The zero-order valence-electron chi connectivity index (χ0n) is 10.3. The molecule has 0 bridgehead atoms. The molecule has 1 heterocycles. The normalized spacial score (nSPS) is 15.4. The van der Waals surface area contributed by atoms with Crippen LogP contribution in [0.3, 0.4) is 0 Å². The molecule has 90 valence electrons. The van der Waals surface area contributed by atoms with Crippen LogP contribution in [-0.2, 0) is 4.74 Å². The van der Waals surface area contributed by atoms with Crippen molar-refractivity contribution in [1.82, 2.24) is 0 Å². The Balaban J connectivity index is 0.000000606. The van der Waals surface area contributed by atoms with Crippen LogP contribution in [0.1, 0.15) is 19.4 Å². The molecule has 0 unspecified atom stereocenters. The lowest BCUT2D eigenvalue weighted by atomic mass is 10.1. The summed E-state index contributed by atoms with van der Waals surface area (Å²) in [5.74, 6) is -0.167. The van der Waals surface area contributed by atoms with Gasteiger partial charge in [-0.2, -0.15) is 0 Å². The Morgan fingerprint density at radius 3 is 2.38 bits per heavy atom. The molecule has 1 aromatic rings. The summed E-state index contributed by atoms with van der Waals surface area (Å²) in [5.41, 5.74) is 2.11. The number of morpholine rings is 1. The number of halogens is 1. The molecule has 1 aromatic carbocycles. The highest BCUT2D eigenvalue weighted by Gasteiger charge is 2.12. The predicted octanol–water partition coefficient (Wildman–Crippen LogP) is 3.00. The molecule has 2 rings (SSSR count). The molecule has 2 nitrogen and oxygen atoms in total. The third-order valence-electron chi connectivity index (χ3n) is 2.51. The van der Waals surface area contributed by atoms with Gasteiger partial charge in [-0.25, -0.2) is 4.39 Å². The van der Waals surface area contributed by atoms with Crippen LogP contribution in [0.2, 0.25) is 0 Å². The maximum atomic E-state index is 12.9. The fourth-order valence-electron chi connectivity index (χ4n) is 1.78. The van der Waals surface area contributed by atoms with E-state index in [1.54, 1.807) is 6.07 Å². The van der Waals surface area contributed by atoms with Crippen LogP contribution in [-0.4, -0.2) is 26.3 Å². The van der Waals surface area contributed by atoms with Crippen molar-refractivity contribution in [2.24, 2.45) is 0 Å². The van der Waals surface area contributed by atoms with Gasteiger partial charge in [-0.15, -0.1) is 0 Å². The van der Waals surface area contributed by atoms with Gasteiger partial charge in [-0.05, 0) is 30.7 Å². The van der Waals surface area contributed by atoms with E-state index in [-0.39, 0.29) is 5.82 Å². The fourth-order valence-corrected chi connectivity index (χ4v) is 1.78. The summed E-state index contributed by atoms with van der Waals surface area (Å²) in [6.45, 7) is 9.25. The summed E-state index contributed by atoms with van der Waals surface area (Å²) in [7, 11) is 0. The van der Waals surface area contributed by atoms with Crippen LogP contribution < -0.4 is 4.90 Å². The minimum absolute atomic E-state index is 0.167. The molecule has 0 saturated carbocycles. The first-order chi connectivity index (χ1) is 7.77. The van der Waals surface area contributed by atoms with E-state index in [4.69, 9.17) is 4.74 Å². The number of ether oxygens (including phenoxy) is 1. The molecular weight excluding hydrogens is 205 g/mol. The molecule has 0 aliphatic carbocycles. The second kappa shape index (κ2) is 6.48. The quantitative estimate of drug-likeness (QED) is 0.728.